The lowest BCUT2D eigenvalue weighted by Crippen LogP contribution is -2.32. The van der Waals surface area contributed by atoms with Crippen LogP contribution in [0.3, 0.4) is 0 Å². The molecule has 0 radical (unpaired) electrons. The molecule has 80 valence electrons. The van der Waals surface area contributed by atoms with Gasteiger partial charge in [0, 0.05) is 32.4 Å². The molecule has 0 aromatic rings. The maximum absolute atomic E-state index is 4.33. The van der Waals surface area contributed by atoms with Gasteiger partial charge in [0.15, 0.2) is 0 Å². The van der Waals surface area contributed by atoms with E-state index in [1.807, 2.05) is 19.3 Å². The van der Waals surface area contributed by atoms with Crippen LogP contribution >= 0.6 is 0 Å². The molecule has 1 rings (SSSR count). The number of allylic oxidation sites excluding steroid dienone is 2. The number of likely N-dealkylation sites (N-methyl/N-ethyl adjacent to an activating group) is 2. The third-order valence-electron chi connectivity index (χ3n) is 2.47. The highest BCUT2D eigenvalue weighted by atomic mass is 15.1. The standard InChI is InChI=1S/C11H21N3/c1-12-7-8-14(2)10-11-5-3-4-6-13-9-11/h3-4,6,11-12H,5,7-10H2,1-2H3. The van der Waals surface area contributed by atoms with Crippen molar-refractivity contribution in [1.29, 1.82) is 0 Å². The van der Waals surface area contributed by atoms with Gasteiger partial charge in [-0.3, -0.25) is 4.99 Å². The minimum atomic E-state index is 0.687. The third kappa shape index (κ3) is 4.53. The van der Waals surface area contributed by atoms with Crippen LogP contribution in [0.2, 0.25) is 0 Å². The summed E-state index contributed by atoms with van der Waals surface area (Å²) in [6, 6.07) is 0. The van der Waals surface area contributed by atoms with Crippen LogP contribution in [0, 0.1) is 5.92 Å². The molecule has 1 aliphatic rings. The van der Waals surface area contributed by atoms with Crippen molar-refractivity contribution in [2.75, 3.05) is 40.3 Å². The van der Waals surface area contributed by atoms with E-state index in [1.54, 1.807) is 0 Å². The Morgan fingerprint density at radius 3 is 3.21 bits per heavy atom. The highest BCUT2D eigenvalue weighted by Gasteiger charge is 2.10. The summed E-state index contributed by atoms with van der Waals surface area (Å²) in [5, 5.41) is 3.16. The van der Waals surface area contributed by atoms with Crippen LogP contribution in [0.5, 0.6) is 0 Å². The summed E-state index contributed by atoms with van der Waals surface area (Å²) < 4.78 is 0. The molecule has 1 N–H and O–H groups in total. The topological polar surface area (TPSA) is 27.6 Å². The van der Waals surface area contributed by atoms with Crippen molar-refractivity contribution >= 4 is 6.21 Å². The Bertz CT molecular complexity index is 185. The van der Waals surface area contributed by atoms with E-state index in [-0.39, 0.29) is 0 Å². The van der Waals surface area contributed by atoms with Gasteiger partial charge in [0.1, 0.15) is 0 Å². The van der Waals surface area contributed by atoms with E-state index in [4.69, 9.17) is 0 Å². The predicted molar refractivity (Wildman–Crippen MR) is 62.0 cm³/mol. The van der Waals surface area contributed by atoms with E-state index in [1.165, 1.54) is 0 Å². The van der Waals surface area contributed by atoms with Crippen LogP contribution in [-0.4, -0.2) is 51.4 Å². The SMILES string of the molecule is CNCCN(C)CC1CC=CC=NC1. The fourth-order valence-corrected chi connectivity index (χ4v) is 1.64. The average molecular weight is 195 g/mol. The monoisotopic (exact) mass is 195 g/mol. The van der Waals surface area contributed by atoms with Gasteiger partial charge in [0.25, 0.3) is 0 Å². The molecule has 1 aliphatic heterocycles. The highest BCUT2D eigenvalue weighted by molar-refractivity contribution is 5.71. The van der Waals surface area contributed by atoms with Gasteiger partial charge in [0.05, 0.1) is 0 Å². The Morgan fingerprint density at radius 1 is 1.57 bits per heavy atom. The minimum absolute atomic E-state index is 0.687. The van der Waals surface area contributed by atoms with E-state index < -0.39 is 0 Å². The first-order chi connectivity index (χ1) is 6.83. The second kappa shape index (κ2) is 6.74. The number of rotatable bonds is 5. The van der Waals surface area contributed by atoms with Gasteiger partial charge in [0.2, 0.25) is 0 Å². The quantitative estimate of drug-likeness (QED) is 0.702. The molecule has 1 unspecified atom stereocenters. The molecule has 0 saturated carbocycles. The van der Waals surface area contributed by atoms with Crippen LogP contribution in [0.1, 0.15) is 6.42 Å². The molecule has 1 heterocycles. The molecule has 0 aliphatic carbocycles. The van der Waals surface area contributed by atoms with Gasteiger partial charge in [-0.05, 0) is 32.5 Å². The molecule has 0 aromatic heterocycles. The van der Waals surface area contributed by atoms with Crippen molar-refractivity contribution in [1.82, 2.24) is 10.2 Å². The normalized spacial score (nSPS) is 21.5. The van der Waals surface area contributed by atoms with Crippen LogP contribution < -0.4 is 5.32 Å². The highest BCUT2D eigenvalue weighted by Crippen LogP contribution is 2.08. The first kappa shape index (κ1) is 11.4. The second-order valence-electron chi connectivity index (χ2n) is 3.91. The van der Waals surface area contributed by atoms with E-state index >= 15 is 0 Å². The number of nitrogens with one attached hydrogen (secondary N) is 1. The number of nitrogens with zero attached hydrogens (tertiary/aromatic N) is 2. The molecule has 1 atom stereocenters. The zero-order chi connectivity index (χ0) is 10.2. The van der Waals surface area contributed by atoms with Crippen molar-refractivity contribution in [3.63, 3.8) is 0 Å². The molecule has 3 heteroatoms. The summed E-state index contributed by atoms with van der Waals surface area (Å²) in [4.78, 5) is 6.70. The fourth-order valence-electron chi connectivity index (χ4n) is 1.64. The second-order valence-corrected chi connectivity index (χ2v) is 3.91. The van der Waals surface area contributed by atoms with Crippen LogP contribution in [0.25, 0.3) is 0 Å². The number of aliphatic imine (C=N–C) groups is 1. The Hall–Kier alpha value is -0.670. The summed E-state index contributed by atoms with van der Waals surface area (Å²) in [6.07, 6.45) is 7.33. The molecule has 0 amide bonds. The molecular formula is C11H21N3. The minimum Gasteiger partial charge on any atom is -0.318 e. The van der Waals surface area contributed by atoms with Gasteiger partial charge in [-0.1, -0.05) is 6.08 Å². The first-order valence-electron chi connectivity index (χ1n) is 5.31. The van der Waals surface area contributed by atoms with Crippen LogP contribution in [0.4, 0.5) is 0 Å². The Balaban J connectivity index is 2.21. The van der Waals surface area contributed by atoms with Gasteiger partial charge >= 0.3 is 0 Å². The summed E-state index contributed by atoms with van der Waals surface area (Å²) in [7, 11) is 4.17. The summed E-state index contributed by atoms with van der Waals surface area (Å²) in [6.45, 7) is 4.28. The predicted octanol–water partition coefficient (Wildman–Crippen LogP) is 0.784. The lowest BCUT2D eigenvalue weighted by Gasteiger charge is -2.21. The molecule has 0 bridgehead atoms. The molecule has 0 spiro atoms. The van der Waals surface area contributed by atoms with Crippen molar-refractivity contribution < 1.29 is 0 Å². The summed E-state index contributed by atoms with van der Waals surface area (Å²) in [5.74, 6) is 0.687. The van der Waals surface area contributed by atoms with Gasteiger partial charge in [-0.2, -0.15) is 0 Å². The molecule has 0 fully saturated rings. The summed E-state index contributed by atoms with van der Waals surface area (Å²) >= 11 is 0. The van der Waals surface area contributed by atoms with Gasteiger partial charge in [-0.15, -0.1) is 0 Å². The van der Waals surface area contributed by atoms with Crippen molar-refractivity contribution in [2.45, 2.75) is 6.42 Å². The van der Waals surface area contributed by atoms with Crippen LogP contribution in [-0.2, 0) is 0 Å². The maximum Gasteiger partial charge on any atom is 0.0432 e. The van der Waals surface area contributed by atoms with Crippen LogP contribution in [0.15, 0.2) is 17.1 Å². The third-order valence-corrected chi connectivity index (χ3v) is 2.47. The largest absolute Gasteiger partial charge is 0.318 e. The Morgan fingerprint density at radius 2 is 2.43 bits per heavy atom. The Labute approximate surface area is 86.9 Å². The van der Waals surface area contributed by atoms with Crippen molar-refractivity contribution in [2.24, 2.45) is 10.9 Å². The molecule has 0 aromatic carbocycles. The van der Waals surface area contributed by atoms with E-state index in [0.717, 1.165) is 32.6 Å². The zero-order valence-electron chi connectivity index (χ0n) is 9.24. The molecule has 14 heavy (non-hydrogen) atoms. The maximum atomic E-state index is 4.33. The molecule has 3 nitrogen and oxygen atoms in total. The van der Waals surface area contributed by atoms with E-state index in [2.05, 4.69) is 28.3 Å². The average Bonchev–Trinajstić information content (AvgIpc) is 2.43. The fraction of sp³-hybridized carbons (Fsp3) is 0.727. The van der Waals surface area contributed by atoms with Gasteiger partial charge < -0.3 is 10.2 Å². The van der Waals surface area contributed by atoms with Crippen molar-refractivity contribution in [3.8, 4) is 0 Å². The number of hydrogen-bond acceptors (Lipinski definition) is 3. The van der Waals surface area contributed by atoms with E-state index in [9.17, 15) is 0 Å². The zero-order valence-corrected chi connectivity index (χ0v) is 9.24. The van der Waals surface area contributed by atoms with Crippen molar-refractivity contribution in [3.05, 3.63) is 12.2 Å². The summed E-state index contributed by atoms with van der Waals surface area (Å²) in [5.41, 5.74) is 0. The lowest BCUT2D eigenvalue weighted by atomic mass is 10.1. The molecule has 0 saturated heterocycles. The van der Waals surface area contributed by atoms with Gasteiger partial charge in [-0.25, -0.2) is 0 Å². The molecular weight excluding hydrogens is 174 g/mol. The van der Waals surface area contributed by atoms with E-state index in [0.29, 0.717) is 5.92 Å². The number of hydrogen-bond donors (Lipinski definition) is 1. The Kier molecular flexibility index (Phi) is 5.49. The lowest BCUT2D eigenvalue weighted by molar-refractivity contribution is 0.282. The first-order valence-corrected chi connectivity index (χ1v) is 5.31. The smallest absolute Gasteiger partial charge is 0.0432 e.